The molecule has 1 aliphatic rings. The van der Waals surface area contributed by atoms with Crippen molar-refractivity contribution >= 4 is 17.3 Å². The lowest BCUT2D eigenvalue weighted by atomic mass is 10.2. The smallest absolute Gasteiger partial charge is 0.196 e. The Morgan fingerprint density at radius 3 is 2.43 bits per heavy atom. The Morgan fingerprint density at radius 1 is 1.05 bits per heavy atom. The molecule has 110 valence electrons. The second-order valence-electron chi connectivity index (χ2n) is 4.87. The zero-order valence-corrected chi connectivity index (χ0v) is 11.3. The lowest BCUT2D eigenvalue weighted by Crippen LogP contribution is -2.05. The minimum atomic E-state index is -1.51. The van der Waals surface area contributed by atoms with Crippen LogP contribution in [0.1, 0.15) is 24.6 Å². The second-order valence-corrected chi connectivity index (χ2v) is 4.87. The topological polar surface area (TPSA) is 49.8 Å². The fourth-order valence-corrected chi connectivity index (χ4v) is 1.94. The van der Waals surface area contributed by atoms with Crippen molar-refractivity contribution in [1.82, 2.24) is 9.97 Å². The van der Waals surface area contributed by atoms with Gasteiger partial charge in [0, 0.05) is 19.0 Å². The lowest BCUT2D eigenvalue weighted by Gasteiger charge is -2.10. The maximum absolute atomic E-state index is 13.7. The molecule has 2 N–H and O–H groups in total. The Kier molecular flexibility index (Phi) is 3.40. The first-order valence-electron chi connectivity index (χ1n) is 6.55. The van der Waals surface area contributed by atoms with Gasteiger partial charge in [-0.1, -0.05) is 0 Å². The fraction of sp³-hybridized carbons (Fsp3) is 0.286. The number of nitrogens with zero attached hydrogens (tertiary/aromatic N) is 2. The van der Waals surface area contributed by atoms with Crippen LogP contribution in [0, 0.1) is 17.5 Å². The molecule has 0 unspecified atom stereocenters. The van der Waals surface area contributed by atoms with E-state index in [1.165, 1.54) is 0 Å². The van der Waals surface area contributed by atoms with Crippen molar-refractivity contribution in [3.63, 3.8) is 0 Å². The Bertz CT molecular complexity index is 686. The van der Waals surface area contributed by atoms with Crippen molar-refractivity contribution in [2.75, 3.05) is 17.7 Å². The fourth-order valence-electron chi connectivity index (χ4n) is 1.94. The van der Waals surface area contributed by atoms with E-state index < -0.39 is 17.5 Å². The van der Waals surface area contributed by atoms with E-state index in [2.05, 4.69) is 20.6 Å². The molecule has 3 rings (SSSR count). The summed E-state index contributed by atoms with van der Waals surface area (Å²) in [7, 11) is 1.71. The molecule has 0 bridgehead atoms. The number of aromatic nitrogens is 2. The van der Waals surface area contributed by atoms with Gasteiger partial charge in [0.05, 0.1) is 5.69 Å². The predicted molar refractivity (Wildman–Crippen MR) is 73.2 cm³/mol. The largest absolute Gasteiger partial charge is 0.373 e. The molecule has 7 heteroatoms. The molecule has 1 saturated carbocycles. The summed E-state index contributed by atoms with van der Waals surface area (Å²) >= 11 is 0. The van der Waals surface area contributed by atoms with Crippen LogP contribution in [-0.2, 0) is 0 Å². The van der Waals surface area contributed by atoms with Gasteiger partial charge in [0.1, 0.15) is 17.5 Å². The van der Waals surface area contributed by atoms with E-state index in [4.69, 9.17) is 0 Å². The number of anilines is 3. The first-order chi connectivity index (χ1) is 10.1. The molecule has 1 fully saturated rings. The van der Waals surface area contributed by atoms with Crippen molar-refractivity contribution in [1.29, 1.82) is 0 Å². The highest BCUT2D eigenvalue weighted by Gasteiger charge is 2.27. The summed E-state index contributed by atoms with van der Waals surface area (Å²) in [4.78, 5) is 8.61. The Labute approximate surface area is 119 Å². The summed E-state index contributed by atoms with van der Waals surface area (Å²) < 4.78 is 39.8. The molecule has 0 amide bonds. The van der Waals surface area contributed by atoms with Crippen LogP contribution >= 0.6 is 0 Å². The monoisotopic (exact) mass is 294 g/mol. The van der Waals surface area contributed by atoms with E-state index in [1.54, 1.807) is 13.1 Å². The highest BCUT2D eigenvalue weighted by molar-refractivity contribution is 5.60. The third kappa shape index (κ3) is 2.76. The van der Waals surface area contributed by atoms with Crippen molar-refractivity contribution in [3.05, 3.63) is 41.5 Å². The highest BCUT2D eigenvalue weighted by Crippen LogP contribution is 2.39. The summed E-state index contributed by atoms with van der Waals surface area (Å²) in [5.74, 6) is -2.12. The van der Waals surface area contributed by atoms with Gasteiger partial charge in [-0.2, -0.15) is 0 Å². The van der Waals surface area contributed by atoms with Gasteiger partial charge >= 0.3 is 0 Å². The Morgan fingerprint density at radius 2 is 1.76 bits per heavy atom. The predicted octanol–water partition coefficient (Wildman–Crippen LogP) is 3.56. The average Bonchev–Trinajstić information content (AvgIpc) is 3.32. The van der Waals surface area contributed by atoms with Crippen molar-refractivity contribution in [2.45, 2.75) is 18.8 Å². The number of hydrogen-bond donors (Lipinski definition) is 2. The quantitative estimate of drug-likeness (QED) is 0.847. The molecule has 0 aliphatic heterocycles. The second kappa shape index (κ2) is 5.23. The summed E-state index contributed by atoms with van der Waals surface area (Å²) in [6, 6.07) is 3.57. The van der Waals surface area contributed by atoms with Crippen LogP contribution in [0.3, 0.4) is 0 Å². The van der Waals surface area contributed by atoms with Crippen LogP contribution in [0.4, 0.5) is 30.5 Å². The van der Waals surface area contributed by atoms with E-state index >= 15 is 0 Å². The lowest BCUT2D eigenvalue weighted by molar-refractivity contribution is 0.449. The van der Waals surface area contributed by atoms with Gasteiger partial charge in [-0.3, -0.25) is 0 Å². The van der Waals surface area contributed by atoms with Crippen molar-refractivity contribution in [3.8, 4) is 0 Å². The number of halogens is 3. The van der Waals surface area contributed by atoms with Crippen LogP contribution in [-0.4, -0.2) is 17.0 Å². The molecule has 4 nitrogen and oxygen atoms in total. The zero-order chi connectivity index (χ0) is 15.0. The Balaban J connectivity index is 1.94. The van der Waals surface area contributed by atoms with Gasteiger partial charge in [0.25, 0.3) is 0 Å². The van der Waals surface area contributed by atoms with Crippen LogP contribution < -0.4 is 10.6 Å². The third-order valence-corrected chi connectivity index (χ3v) is 3.24. The van der Waals surface area contributed by atoms with Gasteiger partial charge in [-0.05, 0) is 25.0 Å². The van der Waals surface area contributed by atoms with Crippen LogP contribution in [0.25, 0.3) is 0 Å². The van der Waals surface area contributed by atoms with Gasteiger partial charge in [-0.25, -0.2) is 23.1 Å². The maximum atomic E-state index is 13.7. The van der Waals surface area contributed by atoms with E-state index in [0.717, 1.165) is 25.0 Å². The van der Waals surface area contributed by atoms with Crippen LogP contribution in [0.5, 0.6) is 0 Å². The minimum absolute atomic E-state index is 0.170. The van der Waals surface area contributed by atoms with E-state index in [-0.39, 0.29) is 5.69 Å². The molecule has 0 saturated heterocycles. The number of hydrogen-bond acceptors (Lipinski definition) is 4. The van der Waals surface area contributed by atoms with Crippen LogP contribution in [0.2, 0.25) is 0 Å². The minimum Gasteiger partial charge on any atom is -0.373 e. The molecular formula is C14H13F3N4. The molecule has 1 aromatic carbocycles. The van der Waals surface area contributed by atoms with Gasteiger partial charge < -0.3 is 10.6 Å². The molecule has 1 heterocycles. The van der Waals surface area contributed by atoms with E-state index in [0.29, 0.717) is 23.4 Å². The molecule has 1 aromatic heterocycles. The summed E-state index contributed by atoms with van der Waals surface area (Å²) in [5, 5.41) is 5.56. The maximum Gasteiger partial charge on any atom is 0.196 e. The van der Waals surface area contributed by atoms with Crippen molar-refractivity contribution in [2.24, 2.45) is 0 Å². The standard InChI is InChI=1S/C14H13F3N4/c1-18-10-6-11(21-14(20-10)7-2-3-7)19-9-5-4-8(15)12(16)13(9)17/h4-7H,2-3H2,1H3,(H2,18,19,20,21). The van der Waals surface area contributed by atoms with Crippen molar-refractivity contribution < 1.29 is 13.2 Å². The average molecular weight is 294 g/mol. The molecule has 0 spiro atoms. The SMILES string of the molecule is CNc1cc(Nc2ccc(F)c(F)c2F)nc(C2CC2)n1. The van der Waals surface area contributed by atoms with E-state index in [1.807, 2.05) is 0 Å². The molecule has 21 heavy (non-hydrogen) atoms. The van der Waals surface area contributed by atoms with Crippen LogP contribution in [0.15, 0.2) is 18.2 Å². The normalized spacial score (nSPS) is 14.1. The van der Waals surface area contributed by atoms with Gasteiger partial charge in [0.2, 0.25) is 0 Å². The summed E-state index contributed by atoms with van der Waals surface area (Å²) in [6.07, 6.45) is 2.04. The summed E-state index contributed by atoms with van der Waals surface area (Å²) in [5.41, 5.74) is -0.170. The van der Waals surface area contributed by atoms with Gasteiger partial charge in [-0.15, -0.1) is 0 Å². The zero-order valence-electron chi connectivity index (χ0n) is 11.3. The number of benzene rings is 1. The molecule has 0 atom stereocenters. The van der Waals surface area contributed by atoms with Gasteiger partial charge in [0.15, 0.2) is 17.5 Å². The Hall–Kier alpha value is -2.31. The number of nitrogens with one attached hydrogen (secondary N) is 2. The van der Waals surface area contributed by atoms with E-state index in [9.17, 15) is 13.2 Å². The highest BCUT2D eigenvalue weighted by atomic mass is 19.2. The number of rotatable bonds is 4. The summed E-state index contributed by atoms with van der Waals surface area (Å²) in [6.45, 7) is 0. The molecule has 0 radical (unpaired) electrons. The molecule has 1 aliphatic carbocycles. The molecule has 2 aromatic rings. The molecular weight excluding hydrogens is 281 g/mol. The first-order valence-corrected chi connectivity index (χ1v) is 6.55. The first kappa shape index (κ1) is 13.7. The third-order valence-electron chi connectivity index (χ3n) is 3.24.